The second-order valence-corrected chi connectivity index (χ2v) is 4.95. The molecule has 0 radical (unpaired) electrons. The number of ether oxygens (including phenoxy) is 1. The fourth-order valence-corrected chi connectivity index (χ4v) is 1.89. The van der Waals surface area contributed by atoms with E-state index in [9.17, 15) is 4.79 Å². The number of benzene rings is 2. The standard InChI is InChI=1S/C19H16N2O2/c1-14-13-16(11-12-18(14)20-3)10-9-15(2)21-19(22)23-17-7-5-4-6-8-17/h4-8,11-13,15H,1-2H3,(H,21,22). The maximum atomic E-state index is 11.7. The van der Waals surface area contributed by atoms with Gasteiger partial charge in [-0.2, -0.15) is 0 Å². The third-order valence-corrected chi connectivity index (χ3v) is 3.04. The number of rotatable bonds is 2. The Bertz CT molecular complexity index is 796. The van der Waals surface area contributed by atoms with E-state index in [2.05, 4.69) is 22.0 Å². The molecule has 0 aromatic heterocycles. The summed E-state index contributed by atoms with van der Waals surface area (Å²) in [7, 11) is 0. The van der Waals surface area contributed by atoms with Crippen molar-refractivity contribution in [3.63, 3.8) is 0 Å². The van der Waals surface area contributed by atoms with Gasteiger partial charge in [0.2, 0.25) is 0 Å². The molecule has 0 spiro atoms. The maximum Gasteiger partial charge on any atom is 0.413 e. The predicted molar refractivity (Wildman–Crippen MR) is 89.4 cm³/mol. The maximum absolute atomic E-state index is 11.7. The van der Waals surface area contributed by atoms with E-state index < -0.39 is 6.09 Å². The molecular formula is C19H16N2O2. The lowest BCUT2D eigenvalue weighted by Crippen LogP contribution is -2.33. The van der Waals surface area contributed by atoms with E-state index in [4.69, 9.17) is 11.3 Å². The first-order valence-corrected chi connectivity index (χ1v) is 7.11. The molecule has 0 bridgehead atoms. The largest absolute Gasteiger partial charge is 0.413 e. The number of carbonyl (C=O) groups excluding carboxylic acids is 1. The highest BCUT2D eigenvalue weighted by atomic mass is 16.6. The van der Waals surface area contributed by atoms with Crippen molar-refractivity contribution in [2.75, 3.05) is 0 Å². The minimum atomic E-state index is -0.544. The molecule has 114 valence electrons. The first-order valence-electron chi connectivity index (χ1n) is 7.11. The summed E-state index contributed by atoms with van der Waals surface area (Å²) in [6.07, 6.45) is -0.544. The minimum Gasteiger partial charge on any atom is -0.410 e. The minimum absolute atomic E-state index is 0.355. The summed E-state index contributed by atoms with van der Waals surface area (Å²) in [5.41, 5.74) is 2.31. The van der Waals surface area contributed by atoms with Gasteiger partial charge in [-0.15, -0.1) is 0 Å². The Morgan fingerprint density at radius 2 is 2.00 bits per heavy atom. The van der Waals surface area contributed by atoms with Crippen LogP contribution in [0.3, 0.4) is 0 Å². The van der Waals surface area contributed by atoms with Crippen LogP contribution in [-0.2, 0) is 0 Å². The van der Waals surface area contributed by atoms with Gasteiger partial charge in [0.1, 0.15) is 5.75 Å². The first-order chi connectivity index (χ1) is 11.1. The number of para-hydroxylation sites is 1. The molecule has 0 heterocycles. The Hall–Kier alpha value is -3.24. The van der Waals surface area contributed by atoms with Crippen LogP contribution >= 0.6 is 0 Å². The van der Waals surface area contributed by atoms with Gasteiger partial charge in [0.15, 0.2) is 5.69 Å². The van der Waals surface area contributed by atoms with Crippen molar-refractivity contribution >= 4 is 11.8 Å². The number of aryl methyl sites for hydroxylation is 1. The molecule has 23 heavy (non-hydrogen) atoms. The lowest BCUT2D eigenvalue weighted by Gasteiger charge is -2.08. The Balaban J connectivity index is 1.95. The molecule has 1 atom stereocenters. The molecule has 2 aromatic rings. The molecule has 4 heteroatoms. The first kappa shape index (κ1) is 16.1. The van der Waals surface area contributed by atoms with Crippen LogP contribution in [0.1, 0.15) is 18.1 Å². The van der Waals surface area contributed by atoms with E-state index in [1.807, 2.05) is 19.1 Å². The molecule has 0 aliphatic carbocycles. The molecule has 0 saturated heterocycles. The summed E-state index contributed by atoms with van der Waals surface area (Å²) in [6, 6.07) is 13.9. The monoisotopic (exact) mass is 304 g/mol. The van der Waals surface area contributed by atoms with Gasteiger partial charge in [-0.1, -0.05) is 48.2 Å². The SMILES string of the molecule is [C-]#[N+]c1ccc(C#CC(C)NC(=O)Oc2ccccc2)cc1C. The van der Waals surface area contributed by atoms with Crippen molar-refractivity contribution in [3.05, 3.63) is 71.1 Å². The highest BCUT2D eigenvalue weighted by Crippen LogP contribution is 2.18. The van der Waals surface area contributed by atoms with Crippen LogP contribution in [0.15, 0.2) is 48.5 Å². The van der Waals surface area contributed by atoms with E-state index in [1.165, 1.54) is 0 Å². The molecule has 1 amide bonds. The van der Waals surface area contributed by atoms with E-state index >= 15 is 0 Å². The molecular weight excluding hydrogens is 288 g/mol. The van der Waals surface area contributed by atoms with Crippen molar-refractivity contribution in [1.29, 1.82) is 0 Å². The summed E-state index contributed by atoms with van der Waals surface area (Å²) >= 11 is 0. The molecule has 1 unspecified atom stereocenters. The second kappa shape index (κ2) is 7.68. The van der Waals surface area contributed by atoms with Crippen LogP contribution in [0.25, 0.3) is 4.85 Å². The number of hydrogen-bond acceptors (Lipinski definition) is 2. The Labute approximate surface area is 135 Å². The van der Waals surface area contributed by atoms with Crippen molar-refractivity contribution in [2.24, 2.45) is 0 Å². The average molecular weight is 304 g/mol. The van der Waals surface area contributed by atoms with Gasteiger partial charge in [-0.05, 0) is 31.5 Å². The lowest BCUT2D eigenvalue weighted by atomic mass is 10.1. The van der Waals surface area contributed by atoms with E-state index in [1.54, 1.807) is 43.3 Å². The van der Waals surface area contributed by atoms with Gasteiger partial charge in [0.05, 0.1) is 12.6 Å². The molecule has 0 aliphatic heterocycles. The molecule has 0 fully saturated rings. The fraction of sp³-hybridized carbons (Fsp3) is 0.158. The van der Waals surface area contributed by atoms with Crippen molar-refractivity contribution in [2.45, 2.75) is 19.9 Å². The van der Waals surface area contributed by atoms with Gasteiger partial charge in [0.25, 0.3) is 0 Å². The van der Waals surface area contributed by atoms with Crippen LogP contribution in [0.2, 0.25) is 0 Å². The summed E-state index contributed by atoms with van der Waals surface area (Å²) < 4.78 is 5.14. The number of nitrogens with one attached hydrogen (secondary N) is 1. The lowest BCUT2D eigenvalue weighted by molar-refractivity contribution is 0.199. The van der Waals surface area contributed by atoms with E-state index in [0.29, 0.717) is 11.4 Å². The van der Waals surface area contributed by atoms with Crippen LogP contribution in [0.5, 0.6) is 5.75 Å². The van der Waals surface area contributed by atoms with Gasteiger partial charge in [-0.25, -0.2) is 9.64 Å². The van der Waals surface area contributed by atoms with Crippen LogP contribution in [0, 0.1) is 25.3 Å². The molecule has 2 rings (SSSR count). The van der Waals surface area contributed by atoms with Crippen LogP contribution < -0.4 is 10.1 Å². The Morgan fingerprint density at radius 3 is 2.65 bits per heavy atom. The van der Waals surface area contributed by atoms with Gasteiger partial charge >= 0.3 is 6.09 Å². The zero-order valence-corrected chi connectivity index (χ0v) is 13.0. The third-order valence-electron chi connectivity index (χ3n) is 3.04. The van der Waals surface area contributed by atoms with Crippen molar-refractivity contribution in [1.82, 2.24) is 5.32 Å². The molecule has 4 nitrogen and oxygen atoms in total. The number of amides is 1. The van der Waals surface area contributed by atoms with Gasteiger partial charge in [-0.3, -0.25) is 0 Å². The molecule has 0 saturated carbocycles. The van der Waals surface area contributed by atoms with E-state index in [0.717, 1.165) is 11.1 Å². The molecule has 2 aromatic carbocycles. The molecule has 0 aliphatic rings. The normalized spacial score (nSPS) is 10.7. The average Bonchev–Trinajstić information content (AvgIpc) is 2.54. The highest BCUT2D eigenvalue weighted by molar-refractivity contribution is 5.71. The quantitative estimate of drug-likeness (QED) is 0.671. The molecule has 1 N–H and O–H groups in total. The summed E-state index contributed by atoms with van der Waals surface area (Å²) in [5.74, 6) is 6.41. The van der Waals surface area contributed by atoms with E-state index in [-0.39, 0.29) is 6.04 Å². The van der Waals surface area contributed by atoms with Gasteiger partial charge < -0.3 is 10.1 Å². The van der Waals surface area contributed by atoms with Crippen molar-refractivity contribution < 1.29 is 9.53 Å². The summed E-state index contributed by atoms with van der Waals surface area (Å²) in [6.45, 7) is 10.7. The number of carbonyl (C=O) groups is 1. The van der Waals surface area contributed by atoms with Gasteiger partial charge in [0, 0.05) is 5.56 Å². The summed E-state index contributed by atoms with van der Waals surface area (Å²) in [4.78, 5) is 15.2. The van der Waals surface area contributed by atoms with Crippen LogP contribution in [-0.4, -0.2) is 12.1 Å². The summed E-state index contributed by atoms with van der Waals surface area (Å²) in [5, 5.41) is 2.65. The number of hydrogen-bond donors (Lipinski definition) is 1. The topological polar surface area (TPSA) is 42.7 Å². The number of nitrogens with zero attached hydrogens (tertiary/aromatic N) is 1. The second-order valence-electron chi connectivity index (χ2n) is 4.95. The fourth-order valence-electron chi connectivity index (χ4n) is 1.89. The van der Waals surface area contributed by atoms with Crippen molar-refractivity contribution in [3.8, 4) is 17.6 Å². The highest BCUT2D eigenvalue weighted by Gasteiger charge is 2.06. The zero-order chi connectivity index (χ0) is 16.7. The predicted octanol–water partition coefficient (Wildman–Crippen LogP) is 4.07. The Morgan fingerprint density at radius 1 is 1.26 bits per heavy atom. The third kappa shape index (κ3) is 4.91. The smallest absolute Gasteiger partial charge is 0.410 e. The zero-order valence-electron chi connectivity index (χ0n) is 13.0. The van der Waals surface area contributed by atoms with Crippen LogP contribution in [0.4, 0.5) is 10.5 Å². The Kier molecular flexibility index (Phi) is 5.39.